The molecule has 8 heteroatoms. The van der Waals surface area contributed by atoms with E-state index in [-0.39, 0.29) is 25.2 Å². The molecule has 0 bridgehead atoms. The number of methoxy groups -OCH3 is 1. The Morgan fingerprint density at radius 2 is 1.83 bits per heavy atom. The van der Waals surface area contributed by atoms with Gasteiger partial charge in [0.25, 0.3) is 0 Å². The Morgan fingerprint density at radius 1 is 1.03 bits per heavy atom. The third-order valence-electron chi connectivity index (χ3n) is 4.85. The molecule has 162 valence electrons. The van der Waals surface area contributed by atoms with Crippen molar-refractivity contribution in [1.82, 2.24) is 9.80 Å². The van der Waals surface area contributed by atoms with E-state index in [4.69, 9.17) is 18.6 Å². The van der Waals surface area contributed by atoms with Gasteiger partial charge in [-0.3, -0.25) is 9.59 Å². The van der Waals surface area contributed by atoms with Gasteiger partial charge in [-0.25, -0.2) is 0 Å². The van der Waals surface area contributed by atoms with E-state index in [1.165, 1.54) is 4.90 Å². The predicted octanol–water partition coefficient (Wildman–Crippen LogP) is 2.73. The van der Waals surface area contributed by atoms with Crippen LogP contribution in [-0.2, 0) is 27.4 Å². The molecule has 3 rings (SSSR count). The number of rotatable bonds is 10. The van der Waals surface area contributed by atoms with Crippen LogP contribution in [0.2, 0.25) is 0 Å². The molecule has 1 aromatic carbocycles. The first kappa shape index (κ1) is 21.7. The summed E-state index contributed by atoms with van der Waals surface area (Å²) in [5, 5.41) is 0. The van der Waals surface area contributed by atoms with E-state index in [1.807, 2.05) is 37.3 Å². The molecule has 0 radical (unpaired) electrons. The second kappa shape index (κ2) is 10.2. The minimum atomic E-state index is -0.167. The average molecular weight is 416 g/mol. The van der Waals surface area contributed by atoms with Gasteiger partial charge in [-0.1, -0.05) is 13.0 Å². The summed E-state index contributed by atoms with van der Waals surface area (Å²) in [7, 11) is 1.57. The number of aryl methyl sites for hydroxylation is 1. The number of amides is 2. The lowest BCUT2D eigenvalue weighted by Crippen LogP contribution is -2.43. The first-order valence-corrected chi connectivity index (χ1v) is 9.98. The van der Waals surface area contributed by atoms with E-state index in [0.717, 1.165) is 11.3 Å². The topological polar surface area (TPSA) is 81.5 Å². The summed E-state index contributed by atoms with van der Waals surface area (Å²) in [6.07, 6.45) is 0.330. The van der Waals surface area contributed by atoms with Crippen LogP contribution < -0.4 is 9.47 Å². The van der Waals surface area contributed by atoms with Crippen LogP contribution in [0.25, 0.3) is 0 Å². The van der Waals surface area contributed by atoms with Crippen molar-refractivity contribution < 1.29 is 28.2 Å². The van der Waals surface area contributed by atoms with Crippen molar-refractivity contribution in [3.63, 3.8) is 0 Å². The first-order valence-electron chi connectivity index (χ1n) is 9.98. The van der Waals surface area contributed by atoms with Crippen LogP contribution in [0.1, 0.15) is 30.4 Å². The Balaban J connectivity index is 1.77. The van der Waals surface area contributed by atoms with Crippen LogP contribution >= 0.6 is 0 Å². The zero-order valence-corrected chi connectivity index (χ0v) is 17.7. The molecule has 8 nitrogen and oxygen atoms in total. The minimum Gasteiger partial charge on any atom is -0.464 e. The molecule has 2 amide bonds. The Morgan fingerprint density at radius 3 is 2.53 bits per heavy atom. The zero-order chi connectivity index (χ0) is 21.5. The molecule has 1 aliphatic heterocycles. The van der Waals surface area contributed by atoms with E-state index in [0.29, 0.717) is 49.9 Å². The van der Waals surface area contributed by atoms with Crippen LogP contribution in [0.3, 0.4) is 0 Å². The lowest BCUT2D eigenvalue weighted by Gasteiger charge is -2.27. The molecule has 2 aromatic rings. The van der Waals surface area contributed by atoms with Gasteiger partial charge in [0.15, 0.2) is 11.5 Å². The maximum Gasteiger partial charge on any atom is 0.242 e. The number of carbonyl (C=O) groups excluding carboxylic acids is 2. The standard InChI is InChI=1S/C22H28N2O6/c1-4-21(25)23(9-10-27-3)14-22(26)24(13-18-7-5-16(2)30-18)12-17-6-8-19-20(11-17)29-15-28-19/h5-8,11H,4,9-10,12-15H2,1-3H3. The molecule has 0 saturated heterocycles. The van der Waals surface area contributed by atoms with Crippen molar-refractivity contribution >= 4 is 11.8 Å². The maximum absolute atomic E-state index is 13.2. The van der Waals surface area contributed by atoms with Gasteiger partial charge in [0.1, 0.15) is 11.5 Å². The van der Waals surface area contributed by atoms with Gasteiger partial charge in [-0.05, 0) is 36.8 Å². The Kier molecular flexibility index (Phi) is 7.35. The summed E-state index contributed by atoms with van der Waals surface area (Å²) in [6, 6.07) is 9.33. The number of nitrogens with zero attached hydrogens (tertiary/aromatic N) is 2. The highest BCUT2D eigenvalue weighted by Gasteiger charge is 2.23. The molecule has 0 aliphatic carbocycles. The van der Waals surface area contributed by atoms with Crippen molar-refractivity contribution in [2.45, 2.75) is 33.4 Å². The van der Waals surface area contributed by atoms with E-state index >= 15 is 0 Å². The molecule has 1 aliphatic rings. The van der Waals surface area contributed by atoms with Gasteiger partial charge in [0, 0.05) is 26.6 Å². The van der Waals surface area contributed by atoms with Gasteiger partial charge < -0.3 is 28.4 Å². The minimum absolute atomic E-state index is 0.0136. The predicted molar refractivity (Wildman–Crippen MR) is 109 cm³/mol. The molecule has 0 atom stereocenters. The number of fused-ring (bicyclic) bond motifs is 1. The summed E-state index contributed by atoms with van der Waals surface area (Å²) < 4.78 is 21.6. The third kappa shape index (κ3) is 5.54. The average Bonchev–Trinajstić information content (AvgIpc) is 3.38. The van der Waals surface area contributed by atoms with Gasteiger partial charge in [-0.15, -0.1) is 0 Å². The van der Waals surface area contributed by atoms with Crippen LogP contribution in [-0.4, -0.2) is 55.2 Å². The van der Waals surface area contributed by atoms with E-state index in [9.17, 15) is 9.59 Å². The summed E-state index contributed by atoms with van der Waals surface area (Å²) in [4.78, 5) is 28.7. The summed E-state index contributed by atoms with van der Waals surface area (Å²) in [5.41, 5.74) is 0.904. The van der Waals surface area contributed by atoms with Crippen molar-refractivity contribution in [2.75, 3.05) is 33.6 Å². The molecular weight excluding hydrogens is 388 g/mol. The SMILES string of the molecule is CCC(=O)N(CCOC)CC(=O)N(Cc1ccc2c(c1)OCO2)Cc1ccc(C)o1. The Hall–Kier alpha value is -3.00. The molecule has 0 unspecified atom stereocenters. The second-order valence-corrected chi connectivity index (χ2v) is 7.11. The normalized spacial score (nSPS) is 12.1. The molecule has 0 N–H and O–H groups in total. The summed E-state index contributed by atoms with van der Waals surface area (Å²) >= 11 is 0. The summed E-state index contributed by atoms with van der Waals surface area (Å²) in [5.74, 6) is 2.57. The molecule has 0 saturated carbocycles. The Bertz CT molecular complexity index is 878. The molecule has 0 spiro atoms. The maximum atomic E-state index is 13.2. The smallest absolute Gasteiger partial charge is 0.242 e. The quantitative estimate of drug-likeness (QED) is 0.592. The number of carbonyl (C=O) groups is 2. The van der Waals surface area contributed by atoms with Gasteiger partial charge in [0.2, 0.25) is 18.6 Å². The van der Waals surface area contributed by atoms with E-state index in [2.05, 4.69) is 0 Å². The highest BCUT2D eigenvalue weighted by atomic mass is 16.7. The molecule has 30 heavy (non-hydrogen) atoms. The van der Waals surface area contributed by atoms with Crippen molar-refractivity contribution in [2.24, 2.45) is 0 Å². The van der Waals surface area contributed by atoms with Crippen LogP contribution in [0.5, 0.6) is 11.5 Å². The van der Waals surface area contributed by atoms with Crippen LogP contribution in [0, 0.1) is 6.92 Å². The van der Waals surface area contributed by atoms with Crippen LogP contribution in [0.15, 0.2) is 34.7 Å². The van der Waals surface area contributed by atoms with E-state index in [1.54, 1.807) is 18.9 Å². The summed E-state index contributed by atoms with van der Waals surface area (Å²) in [6.45, 7) is 5.22. The molecule has 1 aromatic heterocycles. The van der Waals surface area contributed by atoms with Crippen molar-refractivity contribution in [3.8, 4) is 11.5 Å². The monoisotopic (exact) mass is 416 g/mol. The highest BCUT2D eigenvalue weighted by molar-refractivity contribution is 5.84. The molecular formula is C22H28N2O6. The number of hydrogen-bond acceptors (Lipinski definition) is 6. The lowest BCUT2D eigenvalue weighted by atomic mass is 10.2. The fourth-order valence-corrected chi connectivity index (χ4v) is 3.23. The van der Waals surface area contributed by atoms with E-state index < -0.39 is 0 Å². The fraction of sp³-hybridized carbons (Fsp3) is 0.455. The van der Waals surface area contributed by atoms with Gasteiger partial charge in [-0.2, -0.15) is 0 Å². The Labute approximate surface area is 176 Å². The number of hydrogen-bond donors (Lipinski definition) is 0. The zero-order valence-electron chi connectivity index (χ0n) is 17.7. The van der Waals surface area contributed by atoms with Crippen LogP contribution in [0.4, 0.5) is 0 Å². The highest BCUT2D eigenvalue weighted by Crippen LogP contribution is 2.33. The number of furan rings is 1. The third-order valence-corrected chi connectivity index (χ3v) is 4.85. The molecule has 2 heterocycles. The fourth-order valence-electron chi connectivity index (χ4n) is 3.23. The van der Waals surface area contributed by atoms with Gasteiger partial charge >= 0.3 is 0 Å². The largest absolute Gasteiger partial charge is 0.464 e. The van der Waals surface area contributed by atoms with Gasteiger partial charge in [0.05, 0.1) is 19.7 Å². The lowest BCUT2D eigenvalue weighted by molar-refractivity contribution is -0.141. The second-order valence-electron chi connectivity index (χ2n) is 7.11. The first-order chi connectivity index (χ1) is 14.5. The van der Waals surface area contributed by atoms with Crippen molar-refractivity contribution in [1.29, 1.82) is 0 Å². The number of benzene rings is 1. The molecule has 0 fully saturated rings. The number of ether oxygens (including phenoxy) is 3. The van der Waals surface area contributed by atoms with Crippen molar-refractivity contribution in [3.05, 3.63) is 47.4 Å².